The van der Waals surface area contributed by atoms with Crippen LogP contribution in [0.5, 0.6) is 0 Å². The van der Waals surface area contributed by atoms with Gasteiger partial charge in [0.15, 0.2) is 5.79 Å². The van der Waals surface area contributed by atoms with Crippen LogP contribution in [-0.4, -0.2) is 10.2 Å². The van der Waals surface area contributed by atoms with Gasteiger partial charge in [0.2, 0.25) is 0 Å². The van der Waals surface area contributed by atoms with Crippen molar-refractivity contribution in [3.63, 3.8) is 0 Å². The smallest absolute Gasteiger partial charge is 0.189 e. The number of aliphatic hydroxyl groups is 2. The first-order chi connectivity index (χ1) is 14.1. The van der Waals surface area contributed by atoms with Gasteiger partial charge in [-0.2, -0.15) is 0 Å². The molecule has 0 saturated heterocycles. The highest BCUT2D eigenvalue weighted by Gasteiger charge is 2.21. The third-order valence-corrected chi connectivity index (χ3v) is 5.99. The fourth-order valence-electron chi connectivity index (χ4n) is 4.25. The Hall–Kier alpha value is -2.68. The van der Waals surface area contributed by atoms with Crippen LogP contribution in [0, 0.1) is 0 Å². The van der Waals surface area contributed by atoms with Gasteiger partial charge in [-0.25, -0.2) is 0 Å². The Morgan fingerprint density at radius 1 is 0.690 bits per heavy atom. The molecule has 5 rings (SSSR count). The van der Waals surface area contributed by atoms with Gasteiger partial charge in [-0.05, 0) is 58.4 Å². The normalized spacial score (nSPS) is 13.6. The predicted octanol–water partition coefficient (Wildman–Crippen LogP) is 6.11. The zero-order valence-electron chi connectivity index (χ0n) is 16.9. The Morgan fingerprint density at radius 3 is 2.17 bits per heavy atom. The minimum absolute atomic E-state index is 0.303. The van der Waals surface area contributed by atoms with Crippen LogP contribution in [-0.2, 0) is 18.6 Å². The second-order valence-electron chi connectivity index (χ2n) is 7.83. The molecule has 0 heterocycles. The molecule has 0 aliphatic heterocycles. The van der Waals surface area contributed by atoms with Crippen LogP contribution >= 0.6 is 0 Å². The molecule has 1 aliphatic carbocycles. The van der Waals surface area contributed by atoms with Crippen molar-refractivity contribution in [3.8, 4) is 0 Å². The van der Waals surface area contributed by atoms with Gasteiger partial charge >= 0.3 is 0 Å². The molecule has 0 saturated carbocycles. The summed E-state index contributed by atoms with van der Waals surface area (Å²) in [4.78, 5) is 0. The Kier molecular flexibility index (Phi) is 5.66. The fraction of sp³-hybridized carbons (Fsp3) is 0.259. The van der Waals surface area contributed by atoms with Crippen LogP contribution in [0.15, 0.2) is 78.9 Å². The standard InChI is InChI=1S/C18H16.C9H12O2/c1-3-7-15-13(5-1)9-11-18-16-8-4-2-6-14(16)10-12-17(15)18;1-2-9(10,11)8-6-4-3-5-7-8/h1,3,5,7,9-12H,2,4,6,8H2;3-7,10-11H,2H2,1H3. The van der Waals surface area contributed by atoms with Gasteiger partial charge in [0.25, 0.3) is 0 Å². The highest BCUT2D eigenvalue weighted by atomic mass is 16.5. The maximum atomic E-state index is 9.35. The summed E-state index contributed by atoms with van der Waals surface area (Å²) in [6, 6.07) is 26.8. The van der Waals surface area contributed by atoms with Crippen molar-refractivity contribution in [2.75, 3.05) is 0 Å². The van der Waals surface area contributed by atoms with Crippen LogP contribution < -0.4 is 0 Å². The second-order valence-corrected chi connectivity index (χ2v) is 7.83. The molecule has 1 aliphatic rings. The van der Waals surface area contributed by atoms with Crippen LogP contribution in [0.4, 0.5) is 0 Å². The van der Waals surface area contributed by atoms with E-state index in [9.17, 15) is 10.2 Å². The third kappa shape index (κ3) is 4.05. The Bertz CT molecular complexity index is 1110. The molecule has 0 atom stereocenters. The van der Waals surface area contributed by atoms with E-state index in [1.165, 1.54) is 47.2 Å². The lowest BCUT2D eigenvalue weighted by Gasteiger charge is -2.19. The van der Waals surface area contributed by atoms with Crippen molar-refractivity contribution in [1.82, 2.24) is 0 Å². The Labute approximate surface area is 172 Å². The minimum Gasteiger partial charge on any atom is -0.362 e. The molecule has 0 spiro atoms. The average Bonchev–Trinajstić information content (AvgIpc) is 2.79. The first kappa shape index (κ1) is 19.6. The number of hydrogen-bond donors (Lipinski definition) is 2. The van der Waals surface area contributed by atoms with Crippen molar-refractivity contribution in [2.24, 2.45) is 0 Å². The minimum atomic E-state index is -1.67. The summed E-state index contributed by atoms with van der Waals surface area (Å²) >= 11 is 0. The largest absolute Gasteiger partial charge is 0.362 e. The molecule has 0 radical (unpaired) electrons. The van der Waals surface area contributed by atoms with Gasteiger partial charge in [-0.3, -0.25) is 0 Å². The van der Waals surface area contributed by atoms with E-state index in [1.54, 1.807) is 42.3 Å². The molecule has 2 nitrogen and oxygen atoms in total. The van der Waals surface area contributed by atoms with Crippen molar-refractivity contribution in [1.29, 1.82) is 0 Å². The lowest BCUT2D eigenvalue weighted by Crippen LogP contribution is -2.23. The highest BCUT2D eigenvalue weighted by Crippen LogP contribution is 2.33. The van der Waals surface area contributed by atoms with E-state index < -0.39 is 5.79 Å². The second kappa shape index (κ2) is 8.36. The van der Waals surface area contributed by atoms with Crippen LogP contribution in [0.3, 0.4) is 0 Å². The summed E-state index contributed by atoms with van der Waals surface area (Å²) in [6.45, 7) is 1.73. The van der Waals surface area contributed by atoms with Gasteiger partial charge < -0.3 is 10.2 Å². The monoisotopic (exact) mass is 384 g/mol. The number of benzene rings is 4. The topological polar surface area (TPSA) is 40.5 Å². The van der Waals surface area contributed by atoms with E-state index in [0.29, 0.717) is 12.0 Å². The molecular weight excluding hydrogens is 356 g/mol. The summed E-state index contributed by atoms with van der Waals surface area (Å²) in [5.41, 5.74) is 3.72. The zero-order chi connectivity index (χ0) is 20.3. The molecule has 0 bridgehead atoms. The number of fused-ring (bicyclic) bond motifs is 5. The molecule has 0 aromatic heterocycles. The molecule has 0 fully saturated rings. The highest BCUT2D eigenvalue weighted by molar-refractivity contribution is 6.08. The van der Waals surface area contributed by atoms with E-state index in [-0.39, 0.29) is 0 Å². The van der Waals surface area contributed by atoms with Crippen molar-refractivity contribution < 1.29 is 10.2 Å². The summed E-state index contributed by atoms with van der Waals surface area (Å²) in [6.07, 6.45) is 5.52. The van der Waals surface area contributed by atoms with E-state index >= 15 is 0 Å². The van der Waals surface area contributed by atoms with Crippen LogP contribution in [0.2, 0.25) is 0 Å². The fourth-order valence-corrected chi connectivity index (χ4v) is 4.25. The van der Waals surface area contributed by atoms with Gasteiger partial charge in [0.05, 0.1) is 0 Å². The van der Waals surface area contributed by atoms with Gasteiger partial charge in [-0.15, -0.1) is 0 Å². The van der Waals surface area contributed by atoms with E-state index in [4.69, 9.17) is 0 Å². The average molecular weight is 385 g/mol. The summed E-state index contributed by atoms with van der Waals surface area (Å²) in [5.74, 6) is -1.67. The summed E-state index contributed by atoms with van der Waals surface area (Å²) < 4.78 is 0. The van der Waals surface area contributed by atoms with Crippen molar-refractivity contribution in [2.45, 2.75) is 44.8 Å². The molecule has 2 heteroatoms. The van der Waals surface area contributed by atoms with Crippen LogP contribution in [0.1, 0.15) is 42.9 Å². The van der Waals surface area contributed by atoms with Gasteiger partial charge in [-0.1, -0.05) is 85.8 Å². The number of hydrogen-bond acceptors (Lipinski definition) is 2. The maximum Gasteiger partial charge on any atom is 0.189 e. The lowest BCUT2D eigenvalue weighted by molar-refractivity contribution is -0.171. The van der Waals surface area contributed by atoms with Gasteiger partial charge in [0.1, 0.15) is 0 Å². The molecular formula is C27H28O2. The van der Waals surface area contributed by atoms with Crippen molar-refractivity contribution in [3.05, 3.63) is 95.6 Å². The molecule has 148 valence electrons. The molecule has 4 aromatic carbocycles. The molecule has 0 unspecified atom stereocenters. The molecule has 29 heavy (non-hydrogen) atoms. The SMILES string of the molecule is CCC(O)(O)c1ccccc1.c1ccc2c(c1)ccc1c3c(ccc12)CCCC3. The molecule has 0 amide bonds. The molecule has 4 aromatic rings. The predicted molar refractivity (Wildman–Crippen MR) is 121 cm³/mol. The van der Waals surface area contributed by atoms with Gasteiger partial charge in [0, 0.05) is 12.0 Å². The quantitative estimate of drug-likeness (QED) is 0.323. The summed E-state index contributed by atoms with van der Waals surface area (Å²) in [7, 11) is 0. The lowest BCUT2D eigenvalue weighted by atomic mass is 9.86. The first-order valence-electron chi connectivity index (χ1n) is 10.5. The summed E-state index contributed by atoms with van der Waals surface area (Å²) in [5, 5.41) is 24.3. The molecule has 2 N–H and O–H groups in total. The van der Waals surface area contributed by atoms with Crippen molar-refractivity contribution >= 4 is 21.5 Å². The Morgan fingerprint density at radius 2 is 1.38 bits per heavy atom. The third-order valence-electron chi connectivity index (χ3n) is 5.99. The zero-order valence-corrected chi connectivity index (χ0v) is 16.9. The Balaban J connectivity index is 0.000000161. The maximum absolute atomic E-state index is 9.35. The first-order valence-corrected chi connectivity index (χ1v) is 10.5. The van der Waals surface area contributed by atoms with E-state index in [2.05, 4.69) is 48.5 Å². The van der Waals surface area contributed by atoms with E-state index in [0.717, 1.165) is 0 Å². The van der Waals surface area contributed by atoms with E-state index in [1.807, 2.05) is 6.07 Å². The van der Waals surface area contributed by atoms with Crippen LogP contribution in [0.25, 0.3) is 21.5 Å². The number of rotatable bonds is 2. The number of aryl methyl sites for hydroxylation is 2.